The van der Waals surface area contributed by atoms with Crippen LogP contribution in [0, 0.1) is 0 Å². The summed E-state index contributed by atoms with van der Waals surface area (Å²) in [7, 11) is 0. The fourth-order valence-corrected chi connectivity index (χ4v) is 0.966. The lowest BCUT2D eigenvalue weighted by Crippen LogP contribution is -1.79. The van der Waals surface area contributed by atoms with Crippen molar-refractivity contribution in [3.8, 4) is 0 Å². The van der Waals surface area contributed by atoms with Crippen LogP contribution in [0.1, 0.15) is 5.69 Å². The lowest BCUT2D eigenvalue weighted by Gasteiger charge is -1.91. The minimum atomic E-state index is 0.520. The second-order valence-electron chi connectivity index (χ2n) is 1.97. The van der Waals surface area contributed by atoms with Gasteiger partial charge in [-0.2, -0.15) is 12.6 Å². The van der Waals surface area contributed by atoms with Gasteiger partial charge >= 0.3 is 0 Å². The third-order valence-corrected chi connectivity index (χ3v) is 1.55. The van der Waals surface area contributed by atoms with Crippen LogP contribution in [0.2, 0.25) is 5.15 Å². The first-order valence-corrected chi connectivity index (χ1v) is 4.24. The Hall–Kier alpha value is -0.470. The molecule has 1 aromatic rings. The molecule has 0 saturated heterocycles. The van der Waals surface area contributed by atoms with Gasteiger partial charge in [-0.3, -0.25) is 0 Å². The summed E-state index contributed by atoms with van der Waals surface area (Å²) in [5.41, 5.74) is 0.867. The van der Waals surface area contributed by atoms with Gasteiger partial charge in [0, 0.05) is 5.75 Å². The van der Waals surface area contributed by atoms with Crippen molar-refractivity contribution in [3.05, 3.63) is 35.1 Å². The van der Waals surface area contributed by atoms with Gasteiger partial charge in [0.05, 0.1) is 5.69 Å². The van der Waals surface area contributed by atoms with E-state index in [1.807, 2.05) is 24.3 Å². The summed E-state index contributed by atoms with van der Waals surface area (Å²) in [4.78, 5) is 4.06. The topological polar surface area (TPSA) is 12.9 Å². The van der Waals surface area contributed by atoms with Crippen LogP contribution in [0.4, 0.5) is 0 Å². The third kappa shape index (κ3) is 2.95. The molecule has 58 valence electrons. The third-order valence-electron chi connectivity index (χ3n) is 1.13. The van der Waals surface area contributed by atoms with Gasteiger partial charge < -0.3 is 0 Å². The molecule has 0 bridgehead atoms. The Morgan fingerprint density at radius 1 is 1.55 bits per heavy atom. The van der Waals surface area contributed by atoms with E-state index in [0.29, 0.717) is 10.9 Å². The van der Waals surface area contributed by atoms with Crippen LogP contribution in [-0.2, 0) is 0 Å². The first kappa shape index (κ1) is 8.62. The fraction of sp³-hybridized carbons (Fsp3) is 0.125. The van der Waals surface area contributed by atoms with E-state index in [1.165, 1.54) is 0 Å². The summed E-state index contributed by atoms with van der Waals surface area (Å²) in [6.45, 7) is 0. The van der Waals surface area contributed by atoms with Gasteiger partial charge in [0.2, 0.25) is 0 Å². The molecular weight excluding hydrogens is 178 g/mol. The molecule has 0 aliphatic heterocycles. The highest BCUT2D eigenvalue weighted by molar-refractivity contribution is 7.80. The van der Waals surface area contributed by atoms with E-state index in [9.17, 15) is 0 Å². The van der Waals surface area contributed by atoms with Crippen molar-refractivity contribution in [2.24, 2.45) is 0 Å². The lowest BCUT2D eigenvalue weighted by molar-refractivity contribution is 1.29. The fourth-order valence-electron chi connectivity index (χ4n) is 0.690. The molecule has 0 spiro atoms. The average Bonchev–Trinajstić information content (AvgIpc) is 2.01. The molecule has 0 unspecified atom stereocenters. The van der Waals surface area contributed by atoms with E-state index in [1.54, 1.807) is 6.07 Å². The molecule has 1 nitrogen and oxygen atoms in total. The van der Waals surface area contributed by atoms with Crippen molar-refractivity contribution in [2.75, 3.05) is 5.75 Å². The zero-order valence-corrected chi connectivity index (χ0v) is 7.52. The van der Waals surface area contributed by atoms with Gasteiger partial charge in [-0.15, -0.1) is 0 Å². The number of rotatable bonds is 2. The van der Waals surface area contributed by atoms with E-state index in [2.05, 4.69) is 17.6 Å². The number of aromatic nitrogens is 1. The molecule has 11 heavy (non-hydrogen) atoms. The molecule has 0 fully saturated rings. The van der Waals surface area contributed by atoms with E-state index in [4.69, 9.17) is 11.6 Å². The number of thiol groups is 1. The molecule has 0 saturated carbocycles. The van der Waals surface area contributed by atoms with Crippen LogP contribution in [0.15, 0.2) is 24.3 Å². The Bertz CT molecular complexity index is 260. The van der Waals surface area contributed by atoms with Gasteiger partial charge in [-0.05, 0) is 18.2 Å². The van der Waals surface area contributed by atoms with Crippen molar-refractivity contribution < 1.29 is 0 Å². The van der Waals surface area contributed by atoms with E-state index < -0.39 is 0 Å². The van der Waals surface area contributed by atoms with Gasteiger partial charge in [0.25, 0.3) is 0 Å². The number of pyridine rings is 1. The average molecular weight is 186 g/mol. The largest absolute Gasteiger partial charge is 0.237 e. The molecule has 0 aromatic carbocycles. The maximum absolute atomic E-state index is 5.66. The summed E-state index contributed by atoms with van der Waals surface area (Å²) in [6, 6.07) is 5.51. The Kier molecular flexibility index (Phi) is 3.46. The van der Waals surface area contributed by atoms with Gasteiger partial charge in [-0.1, -0.05) is 23.7 Å². The maximum Gasteiger partial charge on any atom is 0.129 e. The highest BCUT2D eigenvalue weighted by atomic mass is 35.5. The molecule has 1 aromatic heterocycles. The molecule has 0 atom stereocenters. The predicted octanol–water partition coefficient (Wildman–Crippen LogP) is 2.68. The van der Waals surface area contributed by atoms with Crippen LogP contribution >= 0.6 is 24.2 Å². The second-order valence-corrected chi connectivity index (χ2v) is 2.72. The van der Waals surface area contributed by atoms with Crippen molar-refractivity contribution >= 4 is 30.3 Å². The summed E-state index contributed by atoms with van der Waals surface area (Å²) in [5, 5.41) is 0.520. The number of hydrogen-bond acceptors (Lipinski definition) is 2. The molecule has 1 rings (SSSR count). The lowest BCUT2D eigenvalue weighted by atomic mass is 10.3. The minimum absolute atomic E-state index is 0.520. The summed E-state index contributed by atoms with van der Waals surface area (Å²) in [5.74, 6) is 0.716. The molecule has 3 heteroatoms. The SMILES string of the molecule is SCC=Cc1cccc(Cl)n1. The van der Waals surface area contributed by atoms with Crippen LogP contribution in [-0.4, -0.2) is 10.7 Å². The molecule has 0 radical (unpaired) electrons. The summed E-state index contributed by atoms with van der Waals surface area (Å²) < 4.78 is 0. The Morgan fingerprint density at radius 2 is 2.36 bits per heavy atom. The number of hydrogen-bond donors (Lipinski definition) is 1. The van der Waals surface area contributed by atoms with E-state index in [-0.39, 0.29) is 0 Å². The van der Waals surface area contributed by atoms with Gasteiger partial charge in [-0.25, -0.2) is 4.98 Å². The highest BCUT2D eigenvalue weighted by Crippen LogP contribution is 2.06. The van der Waals surface area contributed by atoms with Crippen LogP contribution < -0.4 is 0 Å². The first-order chi connectivity index (χ1) is 5.33. The Balaban J connectivity index is 2.79. The monoisotopic (exact) mass is 185 g/mol. The minimum Gasteiger partial charge on any atom is -0.237 e. The van der Waals surface area contributed by atoms with Crippen molar-refractivity contribution in [3.63, 3.8) is 0 Å². The smallest absolute Gasteiger partial charge is 0.129 e. The zero-order chi connectivity index (χ0) is 8.10. The van der Waals surface area contributed by atoms with Crippen LogP contribution in [0.5, 0.6) is 0 Å². The molecular formula is C8H8ClNS. The van der Waals surface area contributed by atoms with Gasteiger partial charge in [0.1, 0.15) is 5.15 Å². The first-order valence-electron chi connectivity index (χ1n) is 3.23. The van der Waals surface area contributed by atoms with Crippen LogP contribution in [0.3, 0.4) is 0 Å². The molecule has 0 N–H and O–H groups in total. The summed E-state index contributed by atoms with van der Waals surface area (Å²) >= 11 is 9.69. The quantitative estimate of drug-likeness (QED) is 0.552. The van der Waals surface area contributed by atoms with Crippen molar-refractivity contribution in [1.82, 2.24) is 4.98 Å². The molecule has 0 amide bonds. The standard InChI is InChI=1S/C8H8ClNS/c9-8-5-1-3-7(10-8)4-2-6-11/h1-5,11H,6H2. The zero-order valence-electron chi connectivity index (χ0n) is 5.87. The molecule has 0 aliphatic rings. The normalized spacial score (nSPS) is 10.7. The van der Waals surface area contributed by atoms with E-state index >= 15 is 0 Å². The Labute approximate surface area is 76.5 Å². The van der Waals surface area contributed by atoms with Crippen LogP contribution in [0.25, 0.3) is 6.08 Å². The van der Waals surface area contributed by atoms with Gasteiger partial charge in [0.15, 0.2) is 0 Å². The number of nitrogens with zero attached hydrogens (tertiary/aromatic N) is 1. The highest BCUT2D eigenvalue weighted by Gasteiger charge is 1.88. The van der Waals surface area contributed by atoms with Crippen molar-refractivity contribution in [1.29, 1.82) is 0 Å². The molecule has 1 heterocycles. The summed E-state index contributed by atoms with van der Waals surface area (Å²) in [6.07, 6.45) is 3.81. The maximum atomic E-state index is 5.66. The second kappa shape index (κ2) is 4.42. The van der Waals surface area contributed by atoms with E-state index in [0.717, 1.165) is 5.69 Å². The molecule has 0 aliphatic carbocycles. The number of halogens is 1. The Morgan fingerprint density at radius 3 is 3.00 bits per heavy atom. The van der Waals surface area contributed by atoms with Crippen molar-refractivity contribution in [2.45, 2.75) is 0 Å². The predicted molar refractivity (Wildman–Crippen MR) is 52.1 cm³/mol.